The molecule has 0 fully saturated rings. The van der Waals surface area contributed by atoms with Crippen molar-refractivity contribution in [2.45, 2.75) is 25.5 Å². The predicted molar refractivity (Wildman–Crippen MR) is 126 cm³/mol. The van der Waals surface area contributed by atoms with Gasteiger partial charge >= 0.3 is 6.09 Å². The second kappa shape index (κ2) is 12.0. The van der Waals surface area contributed by atoms with Crippen molar-refractivity contribution in [3.63, 3.8) is 0 Å². The molecule has 0 unspecified atom stereocenters. The quantitative estimate of drug-likeness (QED) is 0.414. The van der Waals surface area contributed by atoms with Gasteiger partial charge in [-0.3, -0.25) is 9.59 Å². The highest BCUT2D eigenvalue weighted by Crippen LogP contribution is 2.23. The SMILES string of the molecule is NC(=O)[C@H](CCCNC(=O)OCc1ccccc1)NC(=O)c1ccccc1-c1ccccc1. The van der Waals surface area contributed by atoms with Crippen LogP contribution in [0.3, 0.4) is 0 Å². The lowest BCUT2D eigenvalue weighted by atomic mass is 9.99. The van der Waals surface area contributed by atoms with Crippen molar-refractivity contribution >= 4 is 17.9 Å². The molecule has 0 aliphatic rings. The zero-order valence-electron chi connectivity index (χ0n) is 18.2. The maximum absolute atomic E-state index is 12.9. The van der Waals surface area contributed by atoms with E-state index in [1.165, 1.54) is 0 Å². The molecule has 0 saturated heterocycles. The van der Waals surface area contributed by atoms with E-state index in [0.29, 0.717) is 12.0 Å². The molecule has 7 heteroatoms. The minimum absolute atomic E-state index is 0.174. The fourth-order valence-electron chi connectivity index (χ4n) is 3.34. The smallest absolute Gasteiger partial charge is 0.407 e. The number of primary amides is 1. The van der Waals surface area contributed by atoms with Gasteiger partial charge in [0.15, 0.2) is 0 Å². The second-order valence-electron chi connectivity index (χ2n) is 7.47. The van der Waals surface area contributed by atoms with E-state index in [0.717, 1.165) is 16.7 Å². The van der Waals surface area contributed by atoms with Crippen LogP contribution in [0, 0.1) is 0 Å². The number of alkyl carbamates (subject to hydrolysis) is 1. The standard InChI is InChI=1S/C26H27N3O4/c27-24(30)23(16-9-17-28-26(32)33-18-19-10-3-1-4-11-19)29-25(31)22-15-8-7-14-21(22)20-12-5-2-6-13-20/h1-8,10-15,23H,9,16-18H2,(H2,27,30)(H,28,32)(H,29,31)/t23-/m0/s1. The van der Waals surface area contributed by atoms with E-state index in [4.69, 9.17) is 10.5 Å². The van der Waals surface area contributed by atoms with Gasteiger partial charge in [-0.25, -0.2) is 4.79 Å². The van der Waals surface area contributed by atoms with Crippen molar-refractivity contribution in [1.29, 1.82) is 0 Å². The van der Waals surface area contributed by atoms with Crippen molar-refractivity contribution < 1.29 is 19.1 Å². The molecule has 0 saturated carbocycles. The van der Waals surface area contributed by atoms with Gasteiger partial charge < -0.3 is 21.1 Å². The molecule has 3 aromatic carbocycles. The Balaban J connectivity index is 1.50. The van der Waals surface area contributed by atoms with Crippen molar-refractivity contribution in [3.8, 4) is 11.1 Å². The summed E-state index contributed by atoms with van der Waals surface area (Å²) in [6, 6.07) is 25.2. The van der Waals surface area contributed by atoms with E-state index in [1.54, 1.807) is 12.1 Å². The molecule has 7 nitrogen and oxygen atoms in total. The average molecular weight is 446 g/mol. The molecule has 3 aromatic rings. The first-order chi connectivity index (χ1) is 16.0. The minimum Gasteiger partial charge on any atom is -0.445 e. The molecule has 1 atom stereocenters. The Morgan fingerprint density at radius 1 is 0.848 bits per heavy atom. The van der Waals surface area contributed by atoms with Crippen LogP contribution in [0.25, 0.3) is 11.1 Å². The summed E-state index contributed by atoms with van der Waals surface area (Å²) in [5.74, 6) is -1.01. The highest BCUT2D eigenvalue weighted by molar-refractivity contribution is 6.02. The van der Waals surface area contributed by atoms with Crippen molar-refractivity contribution in [1.82, 2.24) is 10.6 Å². The number of hydrogen-bond donors (Lipinski definition) is 3. The number of ether oxygens (including phenoxy) is 1. The van der Waals surface area contributed by atoms with Crippen molar-refractivity contribution in [3.05, 3.63) is 96.1 Å². The van der Waals surface area contributed by atoms with Gasteiger partial charge in [0.1, 0.15) is 12.6 Å². The molecular weight excluding hydrogens is 418 g/mol. The fraction of sp³-hybridized carbons (Fsp3) is 0.192. The van der Waals surface area contributed by atoms with Gasteiger partial charge in [0, 0.05) is 12.1 Å². The summed E-state index contributed by atoms with van der Waals surface area (Å²) < 4.78 is 5.15. The maximum atomic E-state index is 12.9. The third kappa shape index (κ3) is 7.21. The Hall–Kier alpha value is -4.13. The summed E-state index contributed by atoms with van der Waals surface area (Å²) in [5, 5.41) is 5.36. The number of benzene rings is 3. The lowest BCUT2D eigenvalue weighted by Crippen LogP contribution is -2.45. The Kier molecular flexibility index (Phi) is 8.59. The molecule has 0 spiro atoms. The normalized spacial score (nSPS) is 11.3. The lowest BCUT2D eigenvalue weighted by Gasteiger charge is -2.17. The number of amides is 3. The number of carbonyl (C=O) groups is 3. The monoisotopic (exact) mass is 445 g/mol. The Morgan fingerprint density at radius 3 is 2.18 bits per heavy atom. The summed E-state index contributed by atoms with van der Waals surface area (Å²) in [4.78, 5) is 36.6. The second-order valence-corrected chi connectivity index (χ2v) is 7.47. The number of nitrogens with two attached hydrogens (primary N) is 1. The summed E-state index contributed by atoms with van der Waals surface area (Å²) in [6.07, 6.45) is 0.178. The van der Waals surface area contributed by atoms with E-state index in [-0.39, 0.29) is 25.5 Å². The molecule has 4 N–H and O–H groups in total. The van der Waals surface area contributed by atoms with Gasteiger partial charge in [-0.05, 0) is 35.6 Å². The zero-order valence-corrected chi connectivity index (χ0v) is 18.2. The van der Waals surface area contributed by atoms with Crippen LogP contribution in [0.1, 0.15) is 28.8 Å². The van der Waals surface area contributed by atoms with Gasteiger partial charge in [0.2, 0.25) is 5.91 Å². The molecule has 3 rings (SSSR count). The number of hydrogen-bond acceptors (Lipinski definition) is 4. The Bertz CT molecular complexity index is 1070. The third-order valence-corrected chi connectivity index (χ3v) is 5.06. The molecule has 170 valence electrons. The summed E-state index contributed by atoms with van der Waals surface area (Å²) in [7, 11) is 0. The average Bonchev–Trinajstić information content (AvgIpc) is 2.85. The van der Waals surface area contributed by atoms with Crippen LogP contribution in [0.15, 0.2) is 84.9 Å². The number of carbonyl (C=O) groups excluding carboxylic acids is 3. The van der Waals surface area contributed by atoms with Gasteiger partial charge in [-0.2, -0.15) is 0 Å². The zero-order chi connectivity index (χ0) is 23.5. The van der Waals surface area contributed by atoms with E-state index in [2.05, 4.69) is 10.6 Å². The maximum Gasteiger partial charge on any atom is 0.407 e. The Labute approximate surface area is 193 Å². The first-order valence-corrected chi connectivity index (χ1v) is 10.7. The fourth-order valence-corrected chi connectivity index (χ4v) is 3.34. The van der Waals surface area contributed by atoms with E-state index in [1.807, 2.05) is 72.8 Å². The third-order valence-electron chi connectivity index (χ3n) is 5.06. The van der Waals surface area contributed by atoms with E-state index >= 15 is 0 Å². The number of nitrogens with one attached hydrogen (secondary N) is 2. The first-order valence-electron chi connectivity index (χ1n) is 10.7. The summed E-state index contributed by atoms with van der Waals surface area (Å²) in [5.41, 5.74) is 8.51. The van der Waals surface area contributed by atoms with Crippen LogP contribution >= 0.6 is 0 Å². The molecule has 0 radical (unpaired) electrons. The summed E-state index contributed by atoms with van der Waals surface area (Å²) in [6.45, 7) is 0.460. The van der Waals surface area contributed by atoms with Crippen LogP contribution in [0.2, 0.25) is 0 Å². The van der Waals surface area contributed by atoms with Gasteiger partial charge in [0.05, 0.1) is 0 Å². The van der Waals surface area contributed by atoms with Gasteiger partial charge in [0.25, 0.3) is 5.91 Å². The van der Waals surface area contributed by atoms with Crippen LogP contribution in [-0.2, 0) is 16.1 Å². The molecule has 0 aliphatic heterocycles. The minimum atomic E-state index is -0.858. The lowest BCUT2D eigenvalue weighted by molar-refractivity contribution is -0.120. The molecule has 0 bridgehead atoms. The molecule has 0 heterocycles. The molecule has 0 aliphatic carbocycles. The first kappa shape index (κ1) is 23.5. The van der Waals surface area contributed by atoms with Crippen molar-refractivity contribution in [2.75, 3.05) is 6.54 Å². The Morgan fingerprint density at radius 2 is 1.48 bits per heavy atom. The molecule has 3 amide bonds. The molecule has 0 aromatic heterocycles. The summed E-state index contributed by atoms with van der Waals surface area (Å²) >= 11 is 0. The van der Waals surface area contributed by atoms with E-state index in [9.17, 15) is 14.4 Å². The van der Waals surface area contributed by atoms with Crippen LogP contribution < -0.4 is 16.4 Å². The van der Waals surface area contributed by atoms with Gasteiger partial charge in [-0.1, -0.05) is 78.9 Å². The van der Waals surface area contributed by atoms with Crippen LogP contribution in [0.4, 0.5) is 4.79 Å². The largest absolute Gasteiger partial charge is 0.445 e. The molecular formula is C26H27N3O4. The number of rotatable bonds is 10. The molecule has 33 heavy (non-hydrogen) atoms. The van der Waals surface area contributed by atoms with Crippen LogP contribution in [0.5, 0.6) is 0 Å². The van der Waals surface area contributed by atoms with Crippen molar-refractivity contribution in [2.24, 2.45) is 5.73 Å². The highest BCUT2D eigenvalue weighted by atomic mass is 16.5. The predicted octanol–water partition coefficient (Wildman–Crippen LogP) is 3.64. The van der Waals surface area contributed by atoms with Gasteiger partial charge in [-0.15, -0.1) is 0 Å². The highest BCUT2D eigenvalue weighted by Gasteiger charge is 2.20. The van der Waals surface area contributed by atoms with Crippen LogP contribution in [-0.4, -0.2) is 30.5 Å². The van der Waals surface area contributed by atoms with E-state index < -0.39 is 18.0 Å². The topological polar surface area (TPSA) is 111 Å².